The lowest BCUT2D eigenvalue weighted by atomic mass is 9.73. The number of rotatable bonds is 3. The molecule has 3 heterocycles. The smallest absolute Gasteiger partial charge is 0.163 e. The van der Waals surface area contributed by atoms with E-state index in [1.54, 1.807) is 12.3 Å². The average Bonchev–Trinajstić information content (AvgIpc) is 3.06. The van der Waals surface area contributed by atoms with Gasteiger partial charge in [-0.2, -0.15) is 0 Å². The lowest BCUT2D eigenvalue weighted by Gasteiger charge is -2.42. The van der Waals surface area contributed by atoms with E-state index in [0.717, 1.165) is 46.8 Å². The zero-order valence-corrected chi connectivity index (χ0v) is 21.0. The largest absolute Gasteiger partial charge is 0.382 e. The predicted octanol–water partition coefficient (Wildman–Crippen LogP) is 4.29. The summed E-state index contributed by atoms with van der Waals surface area (Å²) in [6, 6.07) is 10.5. The standard InChI is InChI=1S/C22H23ClIN7S/c23-15-14(5-8-28-18(15)26)32-21-19(27)30-20(17(24)29-21)31-9-6-22(7-10-31)11-12-3-1-2-4-13(12)16(22)25/h1-5,8,16H,6-7,9-11,25H2,(H2,26,28)(H2,27,30)/t16-/m1/s1. The van der Waals surface area contributed by atoms with Gasteiger partial charge in [-0.15, -0.1) is 0 Å². The van der Waals surface area contributed by atoms with E-state index < -0.39 is 0 Å². The van der Waals surface area contributed by atoms with Crippen molar-refractivity contribution in [2.45, 2.75) is 35.2 Å². The number of anilines is 3. The number of nitrogen functional groups attached to an aromatic ring is 2. The Morgan fingerprint density at radius 2 is 1.84 bits per heavy atom. The molecule has 6 N–H and O–H groups in total. The van der Waals surface area contributed by atoms with Crippen LogP contribution in [0.3, 0.4) is 0 Å². The molecule has 7 nitrogen and oxygen atoms in total. The summed E-state index contributed by atoms with van der Waals surface area (Å²) in [7, 11) is 0. The molecule has 0 unspecified atom stereocenters. The molecule has 32 heavy (non-hydrogen) atoms. The quantitative estimate of drug-likeness (QED) is 0.393. The second-order valence-electron chi connectivity index (χ2n) is 8.34. The summed E-state index contributed by atoms with van der Waals surface area (Å²) in [4.78, 5) is 16.5. The van der Waals surface area contributed by atoms with Gasteiger partial charge in [-0.3, -0.25) is 0 Å². The number of hydrogen-bond acceptors (Lipinski definition) is 8. The fraction of sp³-hybridized carbons (Fsp3) is 0.318. The number of fused-ring (bicyclic) bond motifs is 1. The van der Waals surface area contributed by atoms with Crippen molar-refractivity contribution in [2.75, 3.05) is 29.5 Å². The van der Waals surface area contributed by atoms with Gasteiger partial charge in [0.25, 0.3) is 0 Å². The lowest BCUT2D eigenvalue weighted by Crippen LogP contribution is -2.45. The fourth-order valence-electron chi connectivity index (χ4n) is 4.77. The van der Waals surface area contributed by atoms with Crippen molar-refractivity contribution in [3.05, 3.63) is 56.4 Å². The third kappa shape index (κ3) is 3.78. The maximum Gasteiger partial charge on any atom is 0.163 e. The van der Waals surface area contributed by atoms with Crippen LogP contribution in [0, 0.1) is 9.12 Å². The normalized spacial score (nSPS) is 19.3. The minimum atomic E-state index is 0.0902. The van der Waals surface area contributed by atoms with Gasteiger partial charge in [0.2, 0.25) is 0 Å². The summed E-state index contributed by atoms with van der Waals surface area (Å²) in [6.45, 7) is 1.76. The lowest BCUT2D eigenvalue weighted by molar-refractivity contribution is 0.187. The Hall–Kier alpha value is -1.82. The van der Waals surface area contributed by atoms with Crippen molar-refractivity contribution in [3.63, 3.8) is 0 Å². The van der Waals surface area contributed by atoms with Gasteiger partial charge in [-0.25, -0.2) is 15.0 Å². The van der Waals surface area contributed by atoms with E-state index in [1.165, 1.54) is 22.9 Å². The molecule has 2 aliphatic rings. The number of halogens is 2. The van der Waals surface area contributed by atoms with E-state index in [0.29, 0.717) is 15.9 Å². The van der Waals surface area contributed by atoms with E-state index in [1.807, 2.05) is 0 Å². The number of benzene rings is 1. The van der Waals surface area contributed by atoms with Crippen LogP contribution in [0.4, 0.5) is 17.5 Å². The second kappa shape index (κ2) is 8.51. The minimum Gasteiger partial charge on any atom is -0.382 e. The molecule has 0 saturated carbocycles. The molecule has 1 aliphatic carbocycles. The van der Waals surface area contributed by atoms with Crippen molar-refractivity contribution < 1.29 is 0 Å². The highest BCUT2D eigenvalue weighted by molar-refractivity contribution is 14.1. The highest BCUT2D eigenvalue weighted by atomic mass is 127. The van der Waals surface area contributed by atoms with Crippen LogP contribution in [-0.4, -0.2) is 28.0 Å². The average molecular weight is 580 g/mol. The molecule has 2 aromatic heterocycles. The highest BCUT2D eigenvalue weighted by Gasteiger charge is 2.46. The monoisotopic (exact) mass is 579 g/mol. The van der Waals surface area contributed by atoms with Gasteiger partial charge < -0.3 is 22.1 Å². The Balaban J connectivity index is 1.34. The van der Waals surface area contributed by atoms with Crippen LogP contribution < -0.4 is 22.1 Å². The van der Waals surface area contributed by atoms with Crippen LogP contribution in [0.5, 0.6) is 0 Å². The molecule has 0 bridgehead atoms. The third-order valence-electron chi connectivity index (χ3n) is 6.57. The van der Waals surface area contributed by atoms with Gasteiger partial charge in [0.05, 0.1) is 5.02 Å². The molecule has 10 heteroatoms. The molecular weight excluding hydrogens is 557 g/mol. The summed E-state index contributed by atoms with van der Waals surface area (Å²) in [5.74, 6) is 1.48. The topological polar surface area (TPSA) is 120 Å². The summed E-state index contributed by atoms with van der Waals surface area (Å²) >= 11 is 9.85. The molecule has 3 aromatic rings. The van der Waals surface area contributed by atoms with Crippen LogP contribution in [0.25, 0.3) is 0 Å². The Morgan fingerprint density at radius 1 is 1.09 bits per heavy atom. The zero-order valence-electron chi connectivity index (χ0n) is 17.3. The van der Waals surface area contributed by atoms with Gasteiger partial charge in [-0.05, 0) is 64.5 Å². The van der Waals surface area contributed by atoms with E-state index >= 15 is 0 Å². The van der Waals surface area contributed by atoms with Crippen LogP contribution in [0.1, 0.15) is 30.0 Å². The van der Waals surface area contributed by atoms with Crippen LogP contribution in [-0.2, 0) is 6.42 Å². The van der Waals surface area contributed by atoms with Crippen molar-refractivity contribution in [2.24, 2.45) is 11.1 Å². The first kappa shape index (κ1) is 22.0. The highest BCUT2D eigenvalue weighted by Crippen LogP contribution is 2.51. The first-order chi connectivity index (χ1) is 15.4. The van der Waals surface area contributed by atoms with Crippen molar-refractivity contribution >= 4 is 63.4 Å². The van der Waals surface area contributed by atoms with Crippen molar-refractivity contribution in [1.82, 2.24) is 15.0 Å². The van der Waals surface area contributed by atoms with Gasteiger partial charge in [0, 0.05) is 30.2 Å². The number of nitrogens with zero attached hydrogens (tertiary/aromatic N) is 4. The zero-order chi connectivity index (χ0) is 22.5. The number of nitrogens with two attached hydrogens (primary N) is 3. The van der Waals surface area contributed by atoms with Crippen molar-refractivity contribution in [3.8, 4) is 0 Å². The van der Waals surface area contributed by atoms with Gasteiger partial charge in [0.15, 0.2) is 11.6 Å². The third-order valence-corrected chi connectivity index (χ3v) is 8.86. The second-order valence-corrected chi connectivity index (χ2v) is 10.8. The van der Waals surface area contributed by atoms with E-state index in [9.17, 15) is 0 Å². The van der Waals surface area contributed by atoms with Crippen LogP contribution in [0.15, 0.2) is 46.5 Å². The number of piperidine rings is 1. The molecule has 1 atom stereocenters. The van der Waals surface area contributed by atoms with Gasteiger partial charge in [0.1, 0.15) is 14.5 Å². The summed E-state index contributed by atoms with van der Waals surface area (Å²) in [5.41, 5.74) is 21.6. The molecule has 1 saturated heterocycles. The van der Waals surface area contributed by atoms with E-state index in [4.69, 9.17) is 38.8 Å². The molecule has 166 valence electrons. The summed E-state index contributed by atoms with van der Waals surface area (Å²) < 4.78 is 0.812. The van der Waals surface area contributed by atoms with Crippen LogP contribution in [0.2, 0.25) is 5.02 Å². The maximum atomic E-state index is 6.72. The molecule has 1 aliphatic heterocycles. The number of aromatic nitrogens is 3. The SMILES string of the molecule is Nc1nc(N2CCC3(CC2)Cc2ccccc2[C@H]3N)c(I)nc1Sc1ccnc(N)c1Cl. The van der Waals surface area contributed by atoms with E-state index in [2.05, 4.69) is 56.7 Å². The molecular formula is C22H23ClIN7S. The molecule has 0 amide bonds. The van der Waals surface area contributed by atoms with Gasteiger partial charge >= 0.3 is 0 Å². The fourth-order valence-corrected chi connectivity index (χ4v) is 6.69. The minimum absolute atomic E-state index is 0.0902. The first-order valence-corrected chi connectivity index (χ1v) is 12.6. The Bertz CT molecular complexity index is 1180. The summed E-state index contributed by atoms with van der Waals surface area (Å²) in [5, 5.41) is 1.00. The Kier molecular flexibility index (Phi) is 5.85. The summed E-state index contributed by atoms with van der Waals surface area (Å²) in [6.07, 6.45) is 4.70. The first-order valence-electron chi connectivity index (χ1n) is 10.4. The Morgan fingerprint density at radius 3 is 2.59 bits per heavy atom. The maximum absolute atomic E-state index is 6.72. The number of pyridine rings is 1. The molecule has 1 aromatic carbocycles. The Labute approximate surface area is 209 Å². The van der Waals surface area contributed by atoms with Crippen molar-refractivity contribution in [1.29, 1.82) is 0 Å². The van der Waals surface area contributed by atoms with Crippen LogP contribution >= 0.6 is 46.0 Å². The van der Waals surface area contributed by atoms with E-state index in [-0.39, 0.29) is 17.3 Å². The molecule has 5 rings (SSSR count). The molecule has 1 fully saturated rings. The molecule has 0 radical (unpaired) electrons. The molecule has 1 spiro atoms. The van der Waals surface area contributed by atoms with Gasteiger partial charge in [-0.1, -0.05) is 47.6 Å². The predicted molar refractivity (Wildman–Crippen MR) is 138 cm³/mol. The number of hydrogen-bond donors (Lipinski definition) is 3.